The predicted octanol–water partition coefficient (Wildman–Crippen LogP) is 2.21. The van der Waals surface area contributed by atoms with Gasteiger partial charge in [-0.25, -0.2) is 13.1 Å². The number of nitrogens with zero attached hydrogens (tertiary/aromatic N) is 1. The van der Waals surface area contributed by atoms with Gasteiger partial charge in [0.15, 0.2) is 0 Å². The summed E-state index contributed by atoms with van der Waals surface area (Å²) in [5.41, 5.74) is 1.59. The van der Waals surface area contributed by atoms with Crippen molar-refractivity contribution < 1.29 is 17.9 Å². The molecule has 0 atom stereocenters. The maximum absolute atomic E-state index is 12.2. The van der Waals surface area contributed by atoms with Crippen LogP contribution >= 0.6 is 0 Å². The lowest BCUT2D eigenvalue weighted by Crippen LogP contribution is -2.38. The molecule has 0 heterocycles. The lowest BCUT2D eigenvalue weighted by atomic mass is 10.2. The van der Waals surface area contributed by atoms with Crippen molar-refractivity contribution in [1.29, 1.82) is 0 Å². The van der Waals surface area contributed by atoms with E-state index < -0.39 is 10.0 Å². The van der Waals surface area contributed by atoms with Crippen LogP contribution < -0.4 is 14.4 Å². The third kappa shape index (κ3) is 5.86. The van der Waals surface area contributed by atoms with Crippen molar-refractivity contribution in [2.45, 2.75) is 13.3 Å². The van der Waals surface area contributed by atoms with Crippen LogP contribution in [0.2, 0.25) is 0 Å². The van der Waals surface area contributed by atoms with Crippen molar-refractivity contribution in [2.75, 3.05) is 30.9 Å². The van der Waals surface area contributed by atoms with Gasteiger partial charge in [-0.3, -0.25) is 4.79 Å². The number of nitrogens with one attached hydrogen (secondary N) is 1. The van der Waals surface area contributed by atoms with Crippen molar-refractivity contribution in [3.63, 3.8) is 0 Å². The number of sulfonamides is 1. The molecule has 7 heteroatoms. The highest BCUT2D eigenvalue weighted by molar-refractivity contribution is 7.89. The van der Waals surface area contributed by atoms with Gasteiger partial charge in [-0.15, -0.1) is 0 Å². The van der Waals surface area contributed by atoms with Gasteiger partial charge in [0, 0.05) is 20.0 Å². The Morgan fingerprint density at radius 1 is 1.08 bits per heavy atom. The van der Waals surface area contributed by atoms with Gasteiger partial charge >= 0.3 is 0 Å². The number of amides is 1. The van der Waals surface area contributed by atoms with E-state index in [0.29, 0.717) is 17.9 Å². The summed E-state index contributed by atoms with van der Waals surface area (Å²) in [7, 11) is -1.89. The molecule has 0 saturated heterocycles. The minimum Gasteiger partial charge on any atom is -0.495 e. The van der Waals surface area contributed by atoms with Gasteiger partial charge in [-0.2, -0.15) is 0 Å². The Bertz CT molecular complexity index is 822. The molecule has 2 aromatic rings. The summed E-state index contributed by atoms with van der Waals surface area (Å²) in [6.45, 7) is 1.80. The Morgan fingerprint density at radius 2 is 1.73 bits per heavy atom. The zero-order chi connectivity index (χ0) is 19.0. The van der Waals surface area contributed by atoms with Crippen LogP contribution in [-0.2, 0) is 21.2 Å². The Morgan fingerprint density at radius 3 is 2.38 bits per heavy atom. The molecule has 26 heavy (non-hydrogen) atoms. The lowest BCUT2D eigenvalue weighted by Gasteiger charge is -2.23. The van der Waals surface area contributed by atoms with Crippen LogP contribution in [0, 0.1) is 0 Å². The van der Waals surface area contributed by atoms with Gasteiger partial charge in [0.05, 0.1) is 18.6 Å². The van der Waals surface area contributed by atoms with Crippen molar-refractivity contribution in [1.82, 2.24) is 4.72 Å². The third-order valence-corrected chi connectivity index (χ3v) is 5.30. The molecule has 140 valence electrons. The summed E-state index contributed by atoms with van der Waals surface area (Å²) in [4.78, 5) is 13.5. The molecule has 0 aromatic heterocycles. The molecule has 0 unspecified atom stereocenters. The average Bonchev–Trinajstić information content (AvgIpc) is 2.64. The standard InChI is InChI=1S/C19H24N2O4S/c1-16(22)21(18-10-6-7-11-19(18)25-2)14-13-20-26(23,24)15-12-17-8-4-3-5-9-17/h3-11,20H,12-15H2,1-2H3. The fraction of sp³-hybridized carbons (Fsp3) is 0.316. The Hall–Kier alpha value is -2.38. The van der Waals surface area contributed by atoms with E-state index in [1.54, 1.807) is 18.2 Å². The number of benzene rings is 2. The second kappa shape index (κ2) is 9.35. The summed E-state index contributed by atoms with van der Waals surface area (Å²) in [6, 6.07) is 16.6. The lowest BCUT2D eigenvalue weighted by molar-refractivity contribution is -0.116. The molecule has 2 aromatic carbocycles. The van der Waals surface area contributed by atoms with Crippen LogP contribution in [0.25, 0.3) is 0 Å². The Balaban J connectivity index is 1.94. The van der Waals surface area contributed by atoms with E-state index in [1.165, 1.54) is 18.9 Å². The smallest absolute Gasteiger partial charge is 0.224 e. The number of carbonyl (C=O) groups is 1. The highest BCUT2D eigenvalue weighted by Crippen LogP contribution is 2.27. The van der Waals surface area contributed by atoms with Crippen LogP contribution in [-0.4, -0.2) is 40.3 Å². The fourth-order valence-electron chi connectivity index (χ4n) is 2.58. The first-order chi connectivity index (χ1) is 12.4. The Kier molecular flexibility index (Phi) is 7.17. The molecule has 1 N–H and O–H groups in total. The number of carbonyl (C=O) groups excluding carboxylic acids is 1. The number of rotatable bonds is 9. The summed E-state index contributed by atoms with van der Waals surface area (Å²) in [5, 5.41) is 0. The number of ether oxygens (including phenoxy) is 1. The number of anilines is 1. The zero-order valence-corrected chi connectivity index (χ0v) is 15.8. The van der Waals surface area contributed by atoms with E-state index in [-0.39, 0.29) is 24.7 Å². The first-order valence-corrected chi connectivity index (χ1v) is 10.0. The highest BCUT2D eigenvalue weighted by atomic mass is 32.2. The predicted molar refractivity (Wildman–Crippen MR) is 103 cm³/mol. The topological polar surface area (TPSA) is 75.7 Å². The first-order valence-electron chi connectivity index (χ1n) is 8.35. The van der Waals surface area contributed by atoms with Crippen molar-refractivity contribution >= 4 is 21.6 Å². The summed E-state index contributed by atoms with van der Waals surface area (Å²) in [6.07, 6.45) is 0.444. The van der Waals surface area contributed by atoms with Gasteiger partial charge in [0.25, 0.3) is 0 Å². The van der Waals surface area contributed by atoms with Crippen LogP contribution in [0.15, 0.2) is 54.6 Å². The van der Waals surface area contributed by atoms with Crippen molar-refractivity contribution in [3.8, 4) is 5.75 Å². The molecule has 0 saturated carbocycles. The van der Waals surface area contributed by atoms with Crippen molar-refractivity contribution in [2.24, 2.45) is 0 Å². The van der Waals surface area contributed by atoms with Crippen molar-refractivity contribution in [3.05, 3.63) is 60.2 Å². The molecule has 0 fully saturated rings. The first kappa shape index (κ1) is 19.9. The number of methoxy groups -OCH3 is 1. The minimum absolute atomic E-state index is 0.00570. The quantitative estimate of drug-likeness (QED) is 0.728. The molecule has 6 nitrogen and oxygen atoms in total. The van der Waals surface area contributed by atoms with E-state index in [0.717, 1.165) is 5.56 Å². The summed E-state index contributed by atoms with van der Waals surface area (Å²) < 4.78 is 32.2. The van der Waals surface area contributed by atoms with Crippen LogP contribution in [0.5, 0.6) is 5.75 Å². The molecule has 1 amide bonds. The molecule has 0 radical (unpaired) electrons. The molecule has 0 aliphatic heterocycles. The molecule has 0 bridgehead atoms. The van der Waals surface area contributed by atoms with E-state index in [4.69, 9.17) is 4.74 Å². The number of hydrogen-bond acceptors (Lipinski definition) is 4. The monoisotopic (exact) mass is 376 g/mol. The zero-order valence-electron chi connectivity index (χ0n) is 15.0. The SMILES string of the molecule is COc1ccccc1N(CCNS(=O)(=O)CCc1ccccc1)C(C)=O. The van der Waals surface area contributed by atoms with Gasteiger partial charge in [0.2, 0.25) is 15.9 Å². The number of aryl methyl sites for hydroxylation is 1. The maximum atomic E-state index is 12.2. The van der Waals surface area contributed by atoms with Gasteiger partial charge in [0.1, 0.15) is 5.75 Å². The fourth-order valence-corrected chi connectivity index (χ4v) is 3.63. The maximum Gasteiger partial charge on any atom is 0.224 e. The molecule has 0 aliphatic carbocycles. The highest BCUT2D eigenvalue weighted by Gasteiger charge is 2.17. The number of hydrogen-bond donors (Lipinski definition) is 1. The largest absolute Gasteiger partial charge is 0.495 e. The van der Waals surface area contributed by atoms with Gasteiger partial charge < -0.3 is 9.64 Å². The molecular formula is C19H24N2O4S. The minimum atomic E-state index is -3.42. The molecule has 2 rings (SSSR count). The normalized spacial score (nSPS) is 11.2. The van der Waals surface area contributed by atoms with E-state index in [9.17, 15) is 13.2 Å². The van der Waals surface area contributed by atoms with Crippen LogP contribution in [0.1, 0.15) is 12.5 Å². The Labute approximate surface area is 154 Å². The van der Waals surface area contributed by atoms with E-state index >= 15 is 0 Å². The second-order valence-corrected chi connectivity index (χ2v) is 7.72. The van der Waals surface area contributed by atoms with Crippen LogP contribution in [0.3, 0.4) is 0 Å². The van der Waals surface area contributed by atoms with E-state index in [1.807, 2.05) is 36.4 Å². The summed E-state index contributed by atoms with van der Waals surface area (Å²) in [5.74, 6) is 0.388. The van der Waals surface area contributed by atoms with Gasteiger partial charge in [-0.1, -0.05) is 42.5 Å². The van der Waals surface area contributed by atoms with E-state index in [2.05, 4.69) is 4.72 Å². The molecule has 0 aliphatic rings. The second-order valence-electron chi connectivity index (χ2n) is 5.79. The molecular weight excluding hydrogens is 352 g/mol. The van der Waals surface area contributed by atoms with Crippen LogP contribution in [0.4, 0.5) is 5.69 Å². The number of para-hydroxylation sites is 2. The van der Waals surface area contributed by atoms with Gasteiger partial charge in [-0.05, 0) is 24.1 Å². The average molecular weight is 376 g/mol. The summed E-state index contributed by atoms with van der Waals surface area (Å²) >= 11 is 0. The molecule has 0 spiro atoms. The third-order valence-electron chi connectivity index (χ3n) is 3.92.